The quantitative estimate of drug-likeness (QED) is 0.586. The molecule has 1 aliphatic rings. The van der Waals surface area contributed by atoms with Crippen LogP contribution in [0.3, 0.4) is 0 Å². The first-order valence-electron chi connectivity index (χ1n) is 6.40. The smallest absolute Gasteiger partial charge is 0.211 e. The van der Waals surface area contributed by atoms with Crippen molar-refractivity contribution in [2.45, 2.75) is 36.7 Å². The summed E-state index contributed by atoms with van der Waals surface area (Å²) in [4.78, 5) is 14.2. The summed E-state index contributed by atoms with van der Waals surface area (Å²) in [6.45, 7) is 2.15. The molecule has 0 bridgehead atoms. The minimum atomic E-state index is -3.58. The maximum absolute atomic E-state index is 12.7. The van der Waals surface area contributed by atoms with Crippen LogP contribution in [0.1, 0.15) is 19.8 Å². The van der Waals surface area contributed by atoms with Crippen molar-refractivity contribution in [3.8, 4) is 0 Å². The first-order chi connectivity index (χ1) is 9.86. The number of carbonyl (C=O) groups excluding carboxylic acids is 1. The molecule has 0 amide bonds. The molecular formula is C13H14BrClN2O3S. The van der Waals surface area contributed by atoms with Gasteiger partial charge in [-0.2, -0.15) is 4.31 Å². The van der Waals surface area contributed by atoms with Gasteiger partial charge in [0, 0.05) is 17.1 Å². The molecular weight excluding hydrogens is 380 g/mol. The summed E-state index contributed by atoms with van der Waals surface area (Å²) in [5, 5.41) is 0.459. The molecule has 114 valence electrons. The van der Waals surface area contributed by atoms with Gasteiger partial charge in [0.1, 0.15) is 0 Å². The van der Waals surface area contributed by atoms with Crippen LogP contribution in [0.15, 0.2) is 32.6 Å². The number of sulfonamides is 1. The van der Waals surface area contributed by atoms with E-state index in [4.69, 9.17) is 11.6 Å². The van der Waals surface area contributed by atoms with Gasteiger partial charge in [-0.15, -0.1) is 0 Å². The highest BCUT2D eigenvalue weighted by atomic mass is 79.9. The van der Waals surface area contributed by atoms with Crippen LogP contribution in [0, 0.1) is 0 Å². The molecule has 1 fully saturated rings. The zero-order chi connectivity index (χ0) is 15.6. The van der Waals surface area contributed by atoms with Gasteiger partial charge in [0.05, 0.1) is 16.0 Å². The van der Waals surface area contributed by atoms with Crippen molar-refractivity contribution < 1.29 is 13.2 Å². The predicted octanol–water partition coefficient (Wildman–Crippen LogP) is 2.98. The monoisotopic (exact) mass is 392 g/mol. The maximum atomic E-state index is 12.7. The number of hydrogen-bond acceptors (Lipinski definition) is 4. The number of halogens is 2. The third-order valence-corrected chi connectivity index (χ3v) is 6.74. The molecule has 1 saturated heterocycles. The van der Waals surface area contributed by atoms with Crippen LogP contribution in [0.2, 0.25) is 5.02 Å². The standard InChI is InChI=1S/C13H14BrClN2O3S/c1-9-6-10(16-8-18)4-5-17(9)21(19,20)11-2-3-13(15)12(14)7-11/h2-3,7,9-10H,4-6H2,1H3. The van der Waals surface area contributed by atoms with E-state index in [9.17, 15) is 13.2 Å². The molecule has 0 aliphatic carbocycles. The molecule has 0 saturated carbocycles. The van der Waals surface area contributed by atoms with Crippen LogP contribution in [0.25, 0.3) is 0 Å². The SMILES string of the molecule is CC1CC(N=C=O)CCN1S(=O)(=O)c1ccc(Cl)c(Br)c1. The fraction of sp³-hybridized carbons (Fsp3) is 0.462. The van der Waals surface area contributed by atoms with Gasteiger partial charge >= 0.3 is 0 Å². The van der Waals surface area contributed by atoms with Crippen LogP contribution >= 0.6 is 27.5 Å². The molecule has 1 aromatic rings. The lowest BCUT2D eigenvalue weighted by Gasteiger charge is -2.34. The number of aliphatic imine (C=N–C) groups is 1. The zero-order valence-electron chi connectivity index (χ0n) is 11.3. The van der Waals surface area contributed by atoms with E-state index >= 15 is 0 Å². The lowest BCUT2D eigenvalue weighted by Crippen LogP contribution is -2.45. The summed E-state index contributed by atoms with van der Waals surface area (Å²) in [5.74, 6) is 0. The highest BCUT2D eigenvalue weighted by Gasteiger charge is 2.34. The van der Waals surface area contributed by atoms with E-state index < -0.39 is 10.0 Å². The zero-order valence-corrected chi connectivity index (χ0v) is 14.4. The average Bonchev–Trinajstić information content (AvgIpc) is 2.42. The molecule has 1 heterocycles. The largest absolute Gasteiger partial charge is 0.243 e. The Morgan fingerprint density at radius 2 is 2.19 bits per heavy atom. The lowest BCUT2D eigenvalue weighted by atomic mass is 10.0. The van der Waals surface area contributed by atoms with Gasteiger partial charge in [-0.3, -0.25) is 0 Å². The van der Waals surface area contributed by atoms with Crippen LogP contribution in [-0.4, -0.2) is 37.4 Å². The second kappa shape index (κ2) is 6.58. The molecule has 21 heavy (non-hydrogen) atoms. The Bertz CT molecular complexity index is 689. The molecule has 1 aromatic carbocycles. The second-order valence-electron chi connectivity index (χ2n) is 4.94. The Labute approximate surface area is 137 Å². The minimum absolute atomic E-state index is 0.152. The lowest BCUT2D eigenvalue weighted by molar-refractivity contribution is 0.248. The molecule has 1 aliphatic heterocycles. The van der Waals surface area contributed by atoms with Crippen molar-refractivity contribution in [2.75, 3.05) is 6.54 Å². The molecule has 0 aromatic heterocycles. The van der Waals surface area contributed by atoms with Crippen molar-refractivity contribution in [3.63, 3.8) is 0 Å². The summed E-state index contributed by atoms with van der Waals surface area (Å²) in [6.07, 6.45) is 2.58. The molecule has 2 rings (SSSR count). The van der Waals surface area contributed by atoms with Crippen LogP contribution < -0.4 is 0 Å². The molecule has 2 unspecified atom stereocenters. The average molecular weight is 394 g/mol. The maximum Gasteiger partial charge on any atom is 0.243 e. The Kier molecular flexibility index (Phi) is 5.22. The highest BCUT2D eigenvalue weighted by Crippen LogP contribution is 2.30. The second-order valence-corrected chi connectivity index (χ2v) is 8.09. The van der Waals surface area contributed by atoms with Crippen molar-refractivity contribution in [3.05, 3.63) is 27.7 Å². The summed E-state index contributed by atoms with van der Waals surface area (Å²) in [7, 11) is -3.58. The van der Waals surface area contributed by atoms with E-state index in [1.807, 2.05) is 6.92 Å². The Morgan fingerprint density at radius 3 is 2.76 bits per heavy atom. The van der Waals surface area contributed by atoms with Crippen molar-refractivity contribution >= 4 is 43.6 Å². The van der Waals surface area contributed by atoms with Gasteiger partial charge in [0.2, 0.25) is 16.1 Å². The van der Waals surface area contributed by atoms with Crippen LogP contribution in [0.4, 0.5) is 0 Å². The Hall–Kier alpha value is -0.720. The number of benzene rings is 1. The number of hydrogen-bond donors (Lipinski definition) is 0. The third-order valence-electron chi connectivity index (χ3n) is 3.52. The van der Waals surface area contributed by atoms with Crippen molar-refractivity contribution in [1.82, 2.24) is 4.31 Å². The highest BCUT2D eigenvalue weighted by molar-refractivity contribution is 9.10. The van der Waals surface area contributed by atoms with E-state index in [-0.39, 0.29) is 17.0 Å². The molecule has 0 spiro atoms. The van der Waals surface area contributed by atoms with Crippen molar-refractivity contribution in [2.24, 2.45) is 4.99 Å². The molecule has 0 radical (unpaired) electrons. The summed E-state index contributed by atoms with van der Waals surface area (Å²) < 4.78 is 27.3. The van der Waals surface area contributed by atoms with E-state index in [0.717, 1.165) is 0 Å². The van der Waals surface area contributed by atoms with Gasteiger partial charge in [-0.1, -0.05) is 11.6 Å². The summed E-state index contributed by atoms with van der Waals surface area (Å²) >= 11 is 9.13. The van der Waals surface area contributed by atoms with Crippen LogP contribution in [-0.2, 0) is 14.8 Å². The number of isocyanates is 1. The van der Waals surface area contributed by atoms with Gasteiger partial charge < -0.3 is 0 Å². The van der Waals surface area contributed by atoms with Crippen molar-refractivity contribution in [1.29, 1.82) is 0 Å². The van der Waals surface area contributed by atoms with Gasteiger partial charge in [-0.25, -0.2) is 18.2 Å². The molecule has 8 heteroatoms. The van der Waals surface area contributed by atoms with E-state index in [1.165, 1.54) is 16.4 Å². The van der Waals surface area contributed by atoms with Gasteiger partial charge in [-0.05, 0) is 53.9 Å². The third kappa shape index (κ3) is 3.55. The van der Waals surface area contributed by atoms with E-state index in [2.05, 4.69) is 20.9 Å². The molecule has 2 atom stereocenters. The topological polar surface area (TPSA) is 66.8 Å². The summed E-state index contributed by atoms with van der Waals surface area (Å²) in [6, 6.07) is 4.17. The van der Waals surface area contributed by atoms with Gasteiger partial charge in [0.25, 0.3) is 0 Å². The number of piperidine rings is 1. The Morgan fingerprint density at radius 1 is 1.48 bits per heavy atom. The first-order valence-corrected chi connectivity index (χ1v) is 9.01. The van der Waals surface area contributed by atoms with Crippen LogP contribution in [0.5, 0.6) is 0 Å². The first kappa shape index (κ1) is 16.6. The van der Waals surface area contributed by atoms with E-state index in [1.54, 1.807) is 12.1 Å². The van der Waals surface area contributed by atoms with E-state index in [0.29, 0.717) is 28.9 Å². The fourth-order valence-electron chi connectivity index (χ4n) is 2.45. The summed E-state index contributed by atoms with van der Waals surface area (Å²) in [5.41, 5.74) is 0. The number of rotatable bonds is 3. The molecule has 5 nitrogen and oxygen atoms in total. The normalized spacial score (nSPS) is 23.6. The fourth-order valence-corrected chi connectivity index (χ4v) is 4.78. The predicted molar refractivity (Wildman–Crippen MR) is 83.6 cm³/mol. The Balaban J connectivity index is 2.27. The van der Waals surface area contributed by atoms with Gasteiger partial charge in [0.15, 0.2) is 0 Å². The minimum Gasteiger partial charge on any atom is -0.211 e. The number of nitrogens with zero attached hydrogens (tertiary/aromatic N) is 2. The molecule has 0 N–H and O–H groups in total.